The lowest BCUT2D eigenvalue weighted by Gasteiger charge is -2.36. The fourth-order valence-corrected chi connectivity index (χ4v) is 3.70. The van der Waals surface area contributed by atoms with Crippen LogP contribution in [0.2, 0.25) is 0 Å². The average Bonchev–Trinajstić information content (AvgIpc) is 2.91. The van der Waals surface area contributed by atoms with Crippen molar-refractivity contribution in [1.82, 2.24) is 4.90 Å². The average molecular weight is 287 g/mol. The van der Waals surface area contributed by atoms with Crippen LogP contribution in [0.1, 0.15) is 37.3 Å². The molecule has 1 aromatic carbocycles. The third-order valence-corrected chi connectivity index (χ3v) is 5.00. The molecule has 112 valence electrons. The number of amides is 1. The summed E-state index contributed by atoms with van der Waals surface area (Å²) in [5.41, 5.74) is 2.13. The summed E-state index contributed by atoms with van der Waals surface area (Å²) in [4.78, 5) is 26.0. The minimum atomic E-state index is -0.900. The zero-order chi connectivity index (χ0) is 15.0. The highest BCUT2D eigenvalue weighted by Crippen LogP contribution is 2.35. The topological polar surface area (TPSA) is 57.6 Å². The monoisotopic (exact) mass is 287 g/mol. The number of carbonyl (C=O) groups excluding carboxylic acids is 1. The minimum absolute atomic E-state index is 0.00267. The predicted octanol–water partition coefficient (Wildman–Crippen LogP) is 2.46. The summed E-state index contributed by atoms with van der Waals surface area (Å²) in [6, 6.07) is 7.10. The van der Waals surface area contributed by atoms with Crippen molar-refractivity contribution in [3.63, 3.8) is 0 Å². The lowest BCUT2D eigenvalue weighted by atomic mass is 9.90. The van der Waals surface area contributed by atoms with Crippen molar-refractivity contribution in [2.45, 2.75) is 45.2 Å². The van der Waals surface area contributed by atoms with Gasteiger partial charge >= 0.3 is 5.97 Å². The van der Waals surface area contributed by atoms with E-state index in [9.17, 15) is 14.7 Å². The Balaban J connectivity index is 1.89. The van der Waals surface area contributed by atoms with Crippen molar-refractivity contribution in [3.05, 3.63) is 35.4 Å². The largest absolute Gasteiger partial charge is 0.480 e. The molecule has 0 spiro atoms. The Labute approximate surface area is 124 Å². The third-order valence-electron chi connectivity index (χ3n) is 5.00. The van der Waals surface area contributed by atoms with Gasteiger partial charge in [0.05, 0.1) is 0 Å². The highest BCUT2D eigenvalue weighted by molar-refractivity contribution is 5.86. The summed E-state index contributed by atoms with van der Waals surface area (Å²) < 4.78 is 0. The summed E-state index contributed by atoms with van der Waals surface area (Å²) in [6.07, 6.45) is 3.45. The molecule has 4 nitrogen and oxygen atoms in total. The number of fused-ring (bicyclic) bond motifs is 1. The molecule has 1 aromatic rings. The first-order valence-corrected chi connectivity index (χ1v) is 7.68. The highest BCUT2D eigenvalue weighted by atomic mass is 16.4. The Morgan fingerprint density at radius 1 is 1.19 bits per heavy atom. The van der Waals surface area contributed by atoms with E-state index in [1.807, 2.05) is 24.3 Å². The molecule has 1 aliphatic heterocycles. The second kappa shape index (κ2) is 5.51. The number of carboxylic acid groups (broad SMARTS) is 1. The van der Waals surface area contributed by atoms with Gasteiger partial charge in [0.15, 0.2) is 0 Å². The number of hydrogen-bond donors (Lipinski definition) is 1. The molecule has 1 amide bonds. The number of hydrogen-bond acceptors (Lipinski definition) is 2. The van der Waals surface area contributed by atoms with Crippen LogP contribution in [0.5, 0.6) is 0 Å². The van der Waals surface area contributed by atoms with Crippen LogP contribution in [0.15, 0.2) is 24.3 Å². The number of benzene rings is 1. The van der Waals surface area contributed by atoms with Gasteiger partial charge in [-0.25, -0.2) is 4.79 Å². The first kappa shape index (κ1) is 14.1. The molecule has 0 radical (unpaired) electrons. The normalized spacial score (nSPS) is 28.2. The van der Waals surface area contributed by atoms with E-state index in [1.165, 1.54) is 0 Å². The zero-order valence-electron chi connectivity index (χ0n) is 12.3. The molecule has 21 heavy (non-hydrogen) atoms. The van der Waals surface area contributed by atoms with Crippen molar-refractivity contribution < 1.29 is 14.7 Å². The maximum atomic E-state index is 12.8. The Morgan fingerprint density at radius 2 is 1.90 bits per heavy atom. The summed E-state index contributed by atoms with van der Waals surface area (Å²) >= 11 is 0. The third kappa shape index (κ3) is 2.55. The zero-order valence-corrected chi connectivity index (χ0v) is 12.3. The fraction of sp³-hybridized carbons (Fsp3) is 0.529. The van der Waals surface area contributed by atoms with Crippen LogP contribution in [-0.2, 0) is 22.6 Å². The van der Waals surface area contributed by atoms with Crippen LogP contribution in [0.4, 0.5) is 0 Å². The van der Waals surface area contributed by atoms with Crippen molar-refractivity contribution in [1.29, 1.82) is 0 Å². The molecule has 2 aliphatic rings. The lowest BCUT2D eigenvalue weighted by molar-refractivity contribution is -0.153. The molecule has 0 bridgehead atoms. The smallest absolute Gasteiger partial charge is 0.326 e. The Morgan fingerprint density at radius 3 is 2.52 bits per heavy atom. The number of aliphatic carboxylic acids is 1. The van der Waals surface area contributed by atoms with Crippen molar-refractivity contribution in [2.75, 3.05) is 0 Å². The van der Waals surface area contributed by atoms with E-state index in [1.54, 1.807) is 4.90 Å². The van der Waals surface area contributed by atoms with Crippen molar-refractivity contribution in [3.8, 4) is 0 Å². The first-order valence-electron chi connectivity index (χ1n) is 7.68. The van der Waals surface area contributed by atoms with Crippen LogP contribution in [0.3, 0.4) is 0 Å². The molecule has 2 unspecified atom stereocenters. The van der Waals surface area contributed by atoms with E-state index < -0.39 is 12.0 Å². The first-order chi connectivity index (χ1) is 10.1. The van der Waals surface area contributed by atoms with E-state index in [0.29, 0.717) is 18.9 Å². The van der Waals surface area contributed by atoms with Gasteiger partial charge in [0, 0.05) is 18.9 Å². The molecule has 1 aliphatic carbocycles. The Hall–Kier alpha value is -1.84. The van der Waals surface area contributed by atoms with E-state index in [4.69, 9.17) is 0 Å². The van der Waals surface area contributed by atoms with E-state index in [-0.39, 0.29) is 11.8 Å². The number of carboxylic acids is 1. The van der Waals surface area contributed by atoms with Gasteiger partial charge in [-0.15, -0.1) is 0 Å². The molecule has 0 saturated heterocycles. The van der Waals surface area contributed by atoms with Gasteiger partial charge in [-0.3, -0.25) is 4.79 Å². The summed E-state index contributed by atoms with van der Waals surface area (Å²) in [5.74, 6) is -0.508. The number of rotatable bonds is 2. The molecular weight excluding hydrogens is 266 g/mol. The summed E-state index contributed by atoms with van der Waals surface area (Å²) in [5, 5.41) is 9.50. The quantitative estimate of drug-likeness (QED) is 0.909. The summed E-state index contributed by atoms with van der Waals surface area (Å²) in [7, 11) is 0. The van der Waals surface area contributed by atoms with Gasteiger partial charge in [-0.2, -0.15) is 0 Å². The molecule has 1 heterocycles. The van der Waals surface area contributed by atoms with Gasteiger partial charge in [-0.05, 0) is 29.9 Å². The van der Waals surface area contributed by atoms with Gasteiger partial charge in [0.25, 0.3) is 0 Å². The number of carbonyl (C=O) groups is 2. The molecule has 1 fully saturated rings. The molecule has 1 saturated carbocycles. The van der Waals surface area contributed by atoms with Crippen LogP contribution in [-0.4, -0.2) is 27.9 Å². The van der Waals surface area contributed by atoms with Gasteiger partial charge in [0.2, 0.25) is 5.91 Å². The molecule has 4 heteroatoms. The van der Waals surface area contributed by atoms with Crippen LogP contribution in [0, 0.1) is 11.8 Å². The van der Waals surface area contributed by atoms with Gasteiger partial charge < -0.3 is 10.0 Å². The Bertz CT molecular complexity index is 569. The Kier molecular flexibility index (Phi) is 3.70. The standard InChI is InChI=1S/C17H21NO3/c1-11-5-4-8-14(11)16(19)18-10-13-7-3-2-6-12(13)9-15(18)17(20)21/h2-3,6-7,11,14-15H,4-5,8-10H2,1H3,(H,20,21)/t11?,14?,15-/m1/s1. The molecule has 3 atom stereocenters. The second-order valence-corrected chi connectivity index (χ2v) is 6.31. The maximum absolute atomic E-state index is 12.8. The summed E-state index contributed by atoms with van der Waals surface area (Å²) in [6.45, 7) is 2.53. The van der Waals surface area contributed by atoms with E-state index >= 15 is 0 Å². The molecule has 1 N–H and O–H groups in total. The van der Waals surface area contributed by atoms with Crippen molar-refractivity contribution >= 4 is 11.9 Å². The van der Waals surface area contributed by atoms with Crippen LogP contribution in [0.25, 0.3) is 0 Å². The molecule has 3 rings (SSSR count). The van der Waals surface area contributed by atoms with E-state index in [2.05, 4.69) is 6.92 Å². The second-order valence-electron chi connectivity index (χ2n) is 6.31. The predicted molar refractivity (Wildman–Crippen MR) is 78.6 cm³/mol. The van der Waals surface area contributed by atoms with Crippen LogP contribution >= 0.6 is 0 Å². The van der Waals surface area contributed by atoms with Crippen LogP contribution < -0.4 is 0 Å². The highest BCUT2D eigenvalue weighted by Gasteiger charge is 2.40. The van der Waals surface area contributed by atoms with Gasteiger partial charge in [0.1, 0.15) is 6.04 Å². The molecular formula is C17H21NO3. The lowest BCUT2D eigenvalue weighted by Crippen LogP contribution is -2.50. The van der Waals surface area contributed by atoms with Gasteiger partial charge in [-0.1, -0.05) is 37.6 Å². The molecule has 0 aromatic heterocycles. The maximum Gasteiger partial charge on any atom is 0.326 e. The number of nitrogens with zero attached hydrogens (tertiary/aromatic N) is 1. The SMILES string of the molecule is CC1CCCC1C(=O)N1Cc2ccccc2C[C@@H]1C(=O)O. The fourth-order valence-electron chi connectivity index (χ4n) is 3.70. The van der Waals surface area contributed by atoms with Crippen molar-refractivity contribution in [2.24, 2.45) is 11.8 Å². The van der Waals surface area contributed by atoms with E-state index in [0.717, 1.165) is 30.4 Å². The minimum Gasteiger partial charge on any atom is -0.480 e.